The van der Waals surface area contributed by atoms with Crippen molar-refractivity contribution in [1.82, 2.24) is 0 Å². The van der Waals surface area contributed by atoms with E-state index in [9.17, 15) is 4.79 Å². The van der Waals surface area contributed by atoms with Gasteiger partial charge in [-0.25, -0.2) is 0 Å². The fourth-order valence-electron chi connectivity index (χ4n) is 1.37. The standard InChI is InChI=1S/C14H16O3/c1-16-11-12(10-15)6-5-8-13-7-3-4-9-14(13)17-2/h3-10H,11H2,1-2H3/b8-5+,12-6-. The average Bonchev–Trinajstić information content (AvgIpc) is 2.38. The summed E-state index contributed by atoms with van der Waals surface area (Å²) in [5.41, 5.74) is 1.56. The largest absolute Gasteiger partial charge is 0.496 e. The first-order valence-electron chi connectivity index (χ1n) is 5.26. The van der Waals surface area contributed by atoms with Gasteiger partial charge in [-0.05, 0) is 6.07 Å². The van der Waals surface area contributed by atoms with E-state index in [1.54, 1.807) is 26.4 Å². The monoisotopic (exact) mass is 232 g/mol. The quantitative estimate of drug-likeness (QED) is 0.429. The lowest BCUT2D eigenvalue weighted by molar-refractivity contribution is -0.105. The Labute approximate surface area is 101 Å². The zero-order valence-electron chi connectivity index (χ0n) is 10.1. The highest BCUT2D eigenvalue weighted by Crippen LogP contribution is 2.18. The molecule has 0 aliphatic rings. The van der Waals surface area contributed by atoms with Crippen LogP contribution >= 0.6 is 0 Å². The van der Waals surface area contributed by atoms with Gasteiger partial charge in [0.2, 0.25) is 0 Å². The summed E-state index contributed by atoms with van der Waals surface area (Å²) in [5, 5.41) is 0. The molecule has 0 amide bonds. The molecule has 1 aromatic rings. The van der Waals surface area contributed by atoms with E-state index in [-0.39, 0.29) is 0 Å². The van der Waals surface area contributed by atoms with Crippen molar-refractivity contribution in [2.45, 2.75) is 0 Å². The van der Waals surface area contributed by atoms with E-state index in [2.05, 4.69) is 0 Å². The summed E-state index contributed by atoms with van der Waals surface area (Å²) in [6.07, 6.45) is 6.21. The summed E-state index contributed by atoms with van der Waals surface area (Å²) in [4.78, 5) is 10.7. The number of carbonyl (C=O) groups is 1. The molecule has 0 aliphatic heterocycles. The van der Waals surface area contributed by atoms with Crippen molar-refractivity contribution in [1.29, 1.82) is 0 Å². The number of hydrogen-bond donors (Lipinski definition) is 0. The number of hydrogen-bond acceptors (Lipinski definition) is 3. The van der Waals surface area contributed by atoms with Crippen molar-refractivity contribution >= 4 is 12.4 Å². The van der Waals surface area contributed by atoms with Crippen molar-refractivity contribution in [3.63, 3.8) is 0 Å². The molecule has 90 valence electrons. The molecule has 0 saturated heterocycles. The molecule has 0 atom stereocenters. The molecule has 0 aromatic heterocycles. The number of carbonyl (C=O) groups excluding carboxylic acids is 1. The van der Waals surface area contributed by atoms with Crippen molar-refractivity contribution in [2.24, 2.45) is 0 Å². The number of allylic oxidation sites excluding steroid dienone is 2. The summed E-state index contributed by atoms with van der Waals surface area (Å²) in [6.45, 7) is 0.319. The normalized spacial score (nSPS) is 11.8. The molecule has 0 N–H and O–H groups in total. The highest BCUT2D eigenvalue weighted by molar-refractivity contribution is 5.74. The van der Waals surface area contributed by atoms with Gasteiger partial charge in [-0.15, -0.1) is 0 Å². The second-order valence-corrected chi connectivity index (χ2v) is 3.39. The first-order chi connectivity index (χ1) is 8.31. The van der Waals surface area contributed by atoms with E-state index in [0.29, 0.717) is 12.2 Å². The van der Waals surface area contributed by atoms with Crippen LogP contribution in [-0.2, 0) is 9.53 Å². The van der Waals surface area contributed by atoms with Gasteiger partial charge >= 0.3 is 0 Å². The van der Waals surface area contributed by atoms with Gasteiger partial charge in [-0.3, -0.25) is 4.79 Å². The Hall–Kier alpha value is -1.87. The Morgan fingerprint density at radius 3 is 2.71 bits per heavy atom. The van der Waals surface area contributed by atoms with E-state index in [4.69, 9.17) is 9.47 Å². The molecule has 0 saturated carbocycles. The van der Waals surface area contributed by atoms with Crippen LogP contribution in [0.15, 0.2) is 42.0 Å². The Morgan fingerprint density at radius 2 is 2.06 bits per heavy atom. The summed E-state index contributed by atoms with van der Waals surface area (Å²) >= 11 is 0. The van der Waals surface area contributed by atoms with Gasteiger partial charge in [-0.1, -0.05) is 36.4 Å². The Kier molecular flexibility index (Phi) is 5.75. The Bertz CT molecular complexity index is 419. The number of aldehydes is 1. The maximum atomic E-state index is 10.7. The number of benzene rings is 1. The molecule has 1 rings (SSSR count). The first kappa shape index (κ1) is 13.2. The highest BCUT2D eigenvalue weighted by atomic mass is 16.5. The average molecular weight is 232 g/mol. The van der Waals surface area contributed by atoms with Crippen molar-refractivity contribution in [2.75, 3.05) is 20.8 Å². The maximum Gasteiger partial charge on any atom is 0.148 e. The SMILES string of the molecule is COC/C(C=O)=C\C=C\c1ccccc1OC. The lowest BCUT2D eigenvalue weighted by Crippen LogP contribution is -1.94. The van der Waals surface area contributed by atoms with E-state index < -0.39 is 0 Å². The third-order valence-corrected chi connectivity index (χ3v) is 2.19. The molecular formula is C14H16O3. The minimum atomic E-state index is 0.319. The van der Waals surface area contributed by atoms with Crippen LogP contribution in [0.3, 0.4) is 0 Å². The smallest absolute Gasteiger partial charge is 0.148 e. The van der Waals surface area contributed by atoms with Crippen LogP contribution in [-0.4, -0.2) is 27.1 Å². The molecule has 0 spiro atoms. The number of para-hydroxylation sites is 1. The minimum Gasteiger partial charge on any atom is -0.496 e. The zero-order chi connectivity index (χ0) is 12.5. The lowest BCUT2D eigenvalue weighted by Gasteiger charge is -2.02. The summed E-state index contributed by atoms with van der Waals surface area (Å²) < 4.78 is 10.1. The van der Waals surface area contributed by atoms with Gasteiger partial charge < -0.3 is 9.47 Å². The molecule has 0 unspecified atom stereocenters. The molecule has 17 heavy (non-hydrogen) atoms. The Morgan fingerprint density at radius 1 is 1.29 bits per heavy atom. The van der Waals surface area contributed by atoms with Crippen LogP contribution in [0.2, 0.25) is 0 Å². The molecule has 0 aliphatic carbocycles. The fraction of sp³-hybridized carbons (Fsp3) is 0.214. The third-order valence-electron chi connectivity index (χ3n) is 2.19. The summed E-state index contributed by atoms with van der Waals surface area (Å²) in [5.74, 6) is 0.802. The highest BCUT2D eigenvalue weighted by Gasteiger charge is 1.96. The maximum absolute atomic E-state index is 10.7. The van der Waals surface area contributed by atoms with Crippen LogP contribution in [0.5, 0.6) is 5.75 Å². The van der Waals surface area contributed by atoms with Crippen LogP contribution in [0.4, 0.5) is 0 Å². The predicted octanol–water partition coefficient (Wildman–Crippen LogP) is 2.48. The Balaban J connectivity index is 2.79. The first-order valence-corrected chi connectivity index (χ1v) is 5.26. The molecule has 0 bridgehead atoms. The number of methoxy groups -OCH3 is 2. The molecule has 0 radical (unpaired) electrons. The van der Waals surface area contributed by atoms with Gasteiger partial charge in [0.05, 0.1) is 13.7 Å². The fourth-order valence-corrected chi connectivity index (χ4v) is 1.37. The van der Waals surface area contributed by atoms with Gasteiger partial charge in [0, 0.05) is 18.2 Å². The third kappa shape index (κ3) is 4.25. The second-order valence-electron chi connectivity index (χ2n) is 3.39. The van der Waals surface area contributed by atoms with Crippen molar-refractivity contribution in [3.05, 3.63) is 47.6 Å². The van der Waals surface area contributed by atoms with Crippen LogP contribution in [0.1, 0.15) is 5.56 Å². The topological polar surface area (TPSA) is 35.5 Å². The molecular weight excluding hydrogens is 216 g/mol. The van der Waals surface area contributed by atoms with Gasteiger partial charge in [0.15, 0.2) is 0 Å². The van der Waals surface area contributed by atoms with Gasteiger partial charge in [0.1, 0.15) is 12.0 Å². The lowest BCUT2D eigenvalue weighted by atomic mass is 10.1. The molecule has 1 aromatic carbocycles. The van der Waals surface area contributed by atoms with E-state index >= 15 is 0 Å². The molecule has 3 heteroatoms. The van der Waals surface area contributed by atoms with E-state index in [1.165, 1.54) is 0 Å². The second kappa shape index (κ2) is 7.41. The van der Waals surface area contributed by atoms with Crippen molar-refractivity contribution < 1.29 is 14.3 Å². The summed E-state index contributed by atoms with van der Waals surface area (Å²) in [6, 6.07) is 7.68. The van der Waals surface area contributed by atoms with Crippen LogP contribution in [0, 0.1) is 0 Å². The van der Waals surface area contributed by atoms with Crippen LogP contribution < -0.4 is 4.74 Å². The molecule has 0 heterocycles. The van der Waals surface area contributed by atoms with Crippen LogP contribution in [0.25, 0.3) is 6.08 Å². The predicted molar refractivity (Wildman–Crippen MR) is 68.1 cm³/mol. The van der Waals surface area contributed by atoms with Gasteiger partial charge in [-0.2, -0.15) is 0 Å². The molecule has 3 nitrogen and oxygen atoms in total. The zero-order valence-corrected chi connectivity index (χ0v) is 10.1. The van der Waals surface area contributed by atoms with Gasteiger partial charge in [0.25, 0.3) is 0 Å². The number of ether oxygens (including phenoxy) is 2. The van der Waals surface area contributed by atoms with E-state index in [1.807, 2.05) is 30.3 Å². The minimum absolute atomic E-state index is 0.319. The molecule has 0 fully saturated rings. The number of rotatable bonds is 6. The van der Waals surface area contributed by atoms with Crippen molar-refractivity contribution in [3.8, 4) is 5.75 Å². The van der Waals surface area contributed by atoms with E-state index in [0.717, 1.165) is 17.6 Å². The summed E-state index contributed by atoms with van der Waals surface area (Å²) in [7, 11) is 3.19.